The summed E-state index contributed by atoms with van der Waals surface area (Å²) in [5.74, 6) is -0.373. The highest BCUT2D eigenvalue weighted by Gasteiger charge is 1.91. The van der Waals surface area contributed by atoms with Crippen molar-refractivity contribution < 1.29 is 0 Å². The third-order valence-corrected chi connectivity index (χ3v) is 0.588. The molecule has 0 fully saturated rings. The quantitative estimate of drug-likeness (QED) is 0.316. The summed E-state index contributed by atoms with van der Waals surface area (Å²) in [5.41, 5.74) is 5.68. The maximum Gasteiger partial charge on any atom is 0.221 e. The number of nitrogens with zero attached hydrogens (tertiary/aromatic N) is 1. The van der Waals surface area contributed by atoms with Gasteiger partial charge in [-0.25, -0.2) is 4.99 Å². The zero-order valence-electron chi connectivity index (χ0n) is 6.43. The van der Waals surface area contributed by atoms with Gasteiger partial charge < -0.3 is 5.73 Å². The zero-order chi connectivity index (χ0) is 8.15. The lowest BCUT2D eigenvalue weighted by Gasteiger charge is -1.98. The molecule has 0 atom stereocenters. The molecule has 0 unspecified atom stereocenters. The average Bonchev–Trinajstić information content (AvgIpc) is 1.58. The molecule has 0 saturated carbocycles. The summed E-state index contributed by atoms with van der Waals surface area (Å²) < 4.78 is 0. The van der Waals surface area contributed by atoms with Crippen molar-refractivity contribution in [2.24, 2.45) is 10.7 Å². The number of hydrogen-bond donors (Lipinski definition) is 4. The molecule has 0 aromatic carbocycles. The van der Waals surface area contributed by atoms with Crippen molar-refractivity contribution >= 4 is 30.0 Å². The highest BCUT2D eigenvalue weighted by atomic mass is 35.5. The Morgan fingerprint density at radius 1 is 1.36 bits per heavy atom. The summed E-state index contributed by atoms with van der Waals surface area (Å²) in [6.07, 6.45) is 0. The van der Waals surface area contributed by atoms with Crippen LogP contribution in [0.25, 0.3) is 0 Å². The first kappa shape index (κ1) is 12.6. The molecule has 11 heavy (non-hydrogen) atoms. The van der Waals surface area contributed by atoms with Crippen molar-refractivity contribution in [3.05, 3.63) is 0 Å². The van der Waals surface area contributed by atoms with Crippen molar-refractivity contribution in [3.63, 3.8) is 0 Å². The number of nitrogens with one attached hydrogen (secondary N) is 3. The van der Waals surface area contributed by atoms with Gasteiger partial charge >= 0.3 is 0 Å². The summed E-state index contributed by atoms with van der Waals surface area (Å²) in [6.45, 7) is 3.52. The Hall–Kier alpha value is -1.10. The Morgan fingerprint density at radius 3 is 2.09 bits per heavy atom. The second-order valence-corrected chi connectivity index (χ2v) is 1.95. The molecule has 0 aromatic heterocycles. The molecule has 0 aliphatic heterocycles. The van der Waals surface area contributed by atoms with Crippen LogP contribution in [-0.4, -0.2) is 17.6 Å². The molecular weight excluding hydrogens is 166 g/mol. The maximum atomic E-state index is 7.03. The first-order valence-corrected chi connectivity index (χ1v) is 2.74. The molecule has 0 aliphatic rings. The van der Waals surface area contributed by atoms with E-state index < -0.39 is 0 Å². The largest absolute Gasteiger partial charge is 0.370 e. The second-order valence-electron chi connectivity index (χ2n) is 1.95. The lowest BCUT2D eigenvalue weighted by molar-refractivity contribution is 1.18. The molecule has 0 aliphatic carbocycles. The number of rotatable bonds is 0. The molecule has 5 N–H and O–H groups in total. The fraction of sp³-hybridized carbons (Fsp3) is 0.400. The van der Waals surface area contributed by atoms with Crippen LogP contribution in [-0.2, 0) is 0 Å². The minimum atomic E-state index is -0.269. The summed E-state index contributed by atoms with van der Waals surface area (Å²) >= 11 is 0. The van der Waals surface area contributed by atoms with Gasteiger partial charge in [-0.3, -0.25) is 16.1 Å². The molecule has 5 nitrogen and oxygen atoms in total. The molecule has 0 saturated heterocycles. The molecule has 0 heterocycles. The lowest BCUT2D eigenvalue weighted by Crippen LogP contribution is -2.34. The van der Waals surface area contributed by atoms with Gasteiger partial charge in [0.05, 0.1) is 0 Å². The summed E-state index contributed by atoms with van der Waals surface area (Å²) in [6, 6.07) is 0. The number of aliphatic imine (C=N–C) groups is 1. The summed E-state index contributed by atoms with van der Waals surface area (Å²) in [7, 11) is 0. The minimum absolute atomic E-state index is 0. The van der Waals surface area contributed by atoms with Crippen LogP contribution < -0.4 is 11.1 Å². The topological polar surface area (TPSA) is 98.1 Å². The van der Waals surface area contributed by atoms with Crippen molar-refractivity contribution in [2.75, 3.05) is 0 Å². The van der Waals surface area contributed by atoms with Crippen LogP contribution in [0.2, 0.25) is 0 Å². The van der Waals surface area contributed by atoms with Crippen LogP contribution in [0.4, 0.5) is 0 Å². The first-order valence-electron chi connectivity index (χ1n) is 2.74. The molecule has 0 aromatic rings. The molecule has 0 amide bonds. The van der Waals surface area contributed by atoms with Gasteiger partial charge in [0, 0.05) is 5.71 Å². The summed E-state index contributed by atoms with van der Waals surface area (Å²) in [5, 5.41) is 16.0. The van der Waals surface area contributed by atoms with Crippen LogP contribution >= 0.6 is 12.4 Å². The summed E-state index contributed by atoms with van der Waals surface area (Å²) in [4.78, 5) is 3.69. The van der Waals surface area contributed by atoms with Crippen molar-refractivity contribution in [1.29, 1.82) is 10.8 Å². The van der Waals surface area contributed by atoms with Gasteiger partial charge in [0.2, 0.25) is 5.96 Å². The SMILES string of the molecule is CC(C)=NC(=N)NC(=N)N.Cl. The standard InChI is InChI=1S/C5H11N5.ClH/c1-3(2)9-5(8)10-4(6)7;/h1-2H3,(H5,6,7,8,10);1H. The Labute approximate surface area is 71.5 Å². The number of hydrogen-bond acceptors (Lipinski definition) is 2. The van der Waals surface area contributed by atoms with E-state index in [0.29, 0.717) is 0 Å². The van der Waals surface area contributed by atoms with Crippen LogP contribution in [0.1, 0.15) is 13.8 Å². The van der Waals surface area contributed by atoms with Gasteiger partial charge in [-0.1, -0.05) is 0 Å². The number of nitrogens with two attached hydrogens (primary N) is 1. The van der Waals surface area contributed by atoms with Crippen LogP contribution in [0.3, 0.4) is 0 Å². The molecule has 0 spiro atoms. The predicted molar refractivity (Wildman–Crippen MR) is 48.8 cm³/mol. The maximum absolute atomic E-state index is 7.03. The van der Waals surface area contributed by atoms with E-state index in [9.17, 15) is 0 Å². The highest BCUT2D eigenvalue weighted by Crippen LogP contribution is 1.74. The van der Waals surface area contributed by atoms with Crippen LogP contribution in [0.5, 0.6) is 0 Å². The van der Waals surface area contributed by atoms with Crippen molar-refractivity contribution in [1.82, 2.24) is 5.32 Å². The first-order chi connectivity index (χ1) is 4.52. The molecule has 0 bridgehead atoms. The van der Waals surface area contributed by atoms with Gasteiger partial charge in [0.1, 0.15) is 0 Å². The molecule has 64 valence electrons. The second kappa shape index (κ2) is 5.67. The van der Waals surface area contributed by atoms with Crippen LogP contribution in [0.15, 0.2) is 4.99 Å². The number of halogens is 1. The third kappa shape index (κ3) is 8.90. The van der Waals surface area contributed by atoms with E-state index in [4.69, 9.17) is 16.6 Å². The van der Waals surface area contributed by atoms with E-state index in [1.807, 2.05) is 0 Å². The van der Waals surface area contributed by atoms with E-state index in [1.165, 1.54) is 0 Å². The van der Waals surface area contributed by atoms with E-state index >= 15 is 0 Å². The fourth-order valence-corrected chi connectivity index (χ4v) is 0.379. The lowest BCUT2D eigenvalue weighted by atomic mass is 10.5. The van der Waals surface area contributed by atoms with Gasteiger partial charge in [-0.05, 0) is 13.8 Å². The van der Waals surface area contributed by atoms with Gasteiger partial charge in [-0.2, -0.15) is 0 Å². The van der Waals surface area contributed by atoms with Gasteiger partial charge in [0.15, 0.2) is 5.96 Å². The molecular formula is C5H12ClN5. The third-order valence-electron chi connectivity index (χ3n) is 0.588. The number of guanidine groups is 2. The Balaban J connectivity index is 0. The molecule has 0 rings (SSSR count). The van der Waals surface area contributed by atoms with E-state index in [1.54, 1.807) is 13.8 Å². The van der Waals surface area contributed by atoms with Crippen molar-refractivity contribution in [2.45, 2.75) is 13.8 Å². The molecule has 0 radical (unpaired) electrons. The Morgan fingerprint density at radius 2 is 1.82 bits per heavy atom. The predicted octanol–water partition coefficient (Wildman–Crippen LogP) is 0.307. The van der Waals surface area contributed by atoms with Gasteiger partial charge in [-0.15, -0.1) is 12.4 Å². The Bertz CT molecular complexity index is 181. The van der Waals surface area contributed by atoms with Crippen LogP contribution in [0, 0.1) is 10.8 Å². The van der Waals surface area contributed by atoms with E-state index in [0.717, 1.165) is 5.71 Å². The zero-order valence-corrected chi connectivity index (χ0v) is 7.25. The highest BCUT2D eigenvalue weighted by molar-refractivity contribution is 6.01. The van der Waals surface area contributed by atoms with Crippen molar-refractivity contribution in [3.8, 4) is 0 Å². The van der Waals surface area contributed by atoms with E-state index in [2.05, 4.69) is 10.3 Å². The smallest absolute Gasteiger partial charge is 0.221 e. The molecule has 6 heteroatoms. The monoisotopic (exact) mass is 177 g/mol. The van der Waals surface area contributed by atoms with E-state index in [-0.39, 0.29) is 24.3 Å². The minimum Gasteiger partial charge on any atom is -0.370 e. The Kier molecular flexibility index (Phi) is 6.47. The fourth-order valence-electron chi connectivity index (χ4n) is 0.379. The average molecular weight is 178 g/mol. The normalized spacial score (nSPS) is 7.45. The van der Waals surface area contributed by atoms with Gasteiger partial charge in [0.25, 0.3) is 0 Å².